The van der Waals surface area contributed by atoms with E-state index in [2.05, 4.69) is 82.8 Å². The smallest absolute Gasteiger partial charge is 0.0694 e. The third kappa shape index (κ3) is 3.83. The third-order valence-corrected chi connectivity index (χ3v) is 6.40. The van der Waals surface area contributed by atoms with Crippen LogP contribution in [0, 0.1) is 6.92 Å². The SMILES string of the molecule is Cc1ccc(Sn2ccc3c(/C=C4\CCCN=C4c4cccnc4)cccc32)cc1. The molecule has 2 aromatic carbocycles. The van der Waals surface area contributed by atoms with Crippen LogP contribution in [0.15, 0.2) is 94.7 Å². The van der Waals surface area contributed by atoms with Crippen LogP contribution in [0.25, 0.3) is 17.0 Å². The van der Waals surface area contributed by atoms with Crippen LogP contribution in [-0.2, 0) is 0 Å². The quantitative estimate of drug-likeness (QED) is 0.382. The van der Waals surface area contributed by atoms with Crippen LogP contribution in [0.3, 0.4) is 0 Å². The number of allylic oxidation sites excluding steroid dienone is 1. The first-order chi connectivity index (χ1) is 14.8. The van der Waals surface area contributed by atoms with Gasteiger partial charge in [0.15, 0.2) is 0 Å². The maximum atomic E-state index is 4.82. The molecular formula is C26H23N3S. The van der Waals surface area contributed by atoms with Crippen molar-refractivity contribution in [2.75, 3.05) is 6.54 Å². The first-order valence-corrected chi connectivity index (χ1v) is 11.1. The van der Waals surface area contributed by atoms with Crippen molar-refractivity contribution < 1.29 is 0 Å². The lowest BCUT2D eigenvalue weighted by atomic mass is 9.94. The van der Waals surface area contributed by atoms with E-state index in [1.165, 1.54) is 32.5 Å². The molecule has 0 radical (unpaired) electrons. The number of pyridine rings is 1. The largest absolute Gasteiger partial charge is 0.287 e. The highest BCUT2D eigenvalue weighted by Crippen LogP contribution is 2.31. The van der Waals surface area contributed by atoms with Gasteiger partial charge in [-0.3, -0.25) is 13.9 Å². The van der Waals surface area contributed by atoms with Crippen molar-refractivity contribution in [1.82, 2.24) is 8.96 Å². The molecule has 2 aromatic heterocycles. The average molecular weight is 410 g/mol. The fourth-order valence-electron chi connectivity index (χ4n) is 3.87. The van der Waals surface area contributed by atoms with Crippen molar-refractivity contribution in [3.8, 4) is 0 Å². The molecule has 4 heteroatoms. The van der Waals surface area contributed by atoms with Crippen LogP contribution < -0.4 is 0 Å². The molecule has 3 nitrogen and oxygen atoms in total. The summed E-state index contributed by atoms with van der Waals surface area (Å²) in [5.41, 5.74) is 7.22. The van der Waals surface area contributed by atoms with Crippen molar-refractivity contribution in [2.24, 2.45) is 4.99 Å². The highest BCUT2D eigenvalue weighted by atomic mass is 32.2. The molecular weight excluding hydrogens is 386 g/mol. The van der Waals surface area contributed by atoms with Gasteiger partial charge in [0.05, 0.1) is 11.2 Å². The molecule has 0 saturated carbocycles. The Balaban J connectivity index is 1.52. The van der Waals surface area contributed by atoms with E-state index < -0.39 is 0 Å². The Labute approximate surface area is 181 Å². The van der Waals surface area contributed by atoms with E-state index in [0.717, 1.165) is 30.7 Å². The van der Waals surface area contributed by atoms with Crippen molar-refractivity contribution in [2.45, 2.75) is 24.7 Å². The summed E-state index contributed by atoms with van der Waals surface area (Å²) in [6.45, 7) is 3.00. The highest BCUT2D eigenvalue weighted by molar-refractivity contribution is 7.98. The van der Waals surface area contributed by atoms with Gasteiger partial charge in [0.25, 0.3) is 0 Å². The molecule has 0 bridgehead atoms. The van der Waals surface area contributed by atoms with E-state index in [9.17, 15) is 0 Å². The molecule has 4 aromatic rings. The molecule has 0 atom stereocenters. The summed E-state index contributed by atoms with van der Waals surface area (Å²) in [5.74, 6) is 0. The fourth-order valence-corrected chi connectivity index (χ4v) is 4.74. The molecule has 0 unspecified atom stereocenters. The van der Waals surface area contributed by atoms with E-state index >= 15 is 0 Å². The number of hydrogen-bond donors (Lipinski definition) is 0. The number of hydrogen-bond acceptors (Lipinski definition) is 3. The van der Waals surface area contributed by atoms with Crippen LogP contribution >= 0.6 is 11.9 Å². The van der Waals surface area contributed by atoms with Crippen LogP contribution in [-0.4, -0.2) is 21.2 Å². The van der Waals surface area contributed by atoms with Gasteiger partial charge in [0.1, 0.15) is 0 Å². The molecule has 30 heavy (non-hydrogen) atoms. The summed E-state index contributed by atoms with van der Waals surface area (Å²) < 4.78 is 2.25. The van der Waals surface area contributed by atoms with E-state index in [-0.39, 0.29) is 0 Å². The van der Waals surface area contributed by atoms with Gasteiger partial charge in [-0.15, -0.1) is 0 Å². The van der Waals surface area contributed by atoms with Gasteiger partial charge in [-0.05, 0) is 85.3 Å². The number of fused-ring (bicyclic) bond motifs is 1. The minimum atomic E-state index is 0.884. The minimum Gasteiger partial charge on any atom is -0.287 e. The molecule has 0 saturated heterocycles. The first-order valence-electron chi connectivity index (χ1n) is 10.3. The van der Waals surface area contributed by atoms with Gasteiger partial charge < -0.3 is 0 Å². The molecule has 0 amide bonds. The molecule has 148 valence electrons. The molecule has 3 heterocycles. The van der Waals surface area contributed by atoms with Gasteiger partial charge in [0, 0.05) is 41.0 Å². The number of aryl methyl sites for hydroxylation is 1. The summed E-state index contributed by atoms with van der Waals surface area (Å²) in [5, 5.41) is 1.26. The van der Waals surface area contributed by atoms with Crippen molar-refractivity contribution >= 4 is 34.6 Å². The third-order valence-electron chi connectivity index (χ3n) is 5.40. The average Bonchev–Trinajstić information content (AvgIpc) is 3.20. The molecule has 0 fully saturated rings. The van der Waals surface area contributed by atoms with Crippen LogP contribution in [0.4, 0.5) is 0 Å². The Kier molecular flexibility index (Phi) is 5.24. The second-order valence-corrected chi connectivity index (χ2v) is 8.62. The molecule has 1 aliphatic heterocycles. The van der Waals surface area contributed by atoms with Crippen LogP contribution in [0.5, 0.6) is 0 Å². The lowest BCUT2D eigenvalue weighted by Gasteiger charge is -2.16. The molecule has 0 spiro atoms. The Morgan fingerprint density at radius 1 is 1.00 bits per heavy atom. The van der Waals surface area contributed by atoms with E-state index in [1.807, 2.05) is 18.5 Å². The second kappa shape index (κ2) is 8.33. The molecule has 0 aliphatic carbocycles. The van der Waals surface area contributed by atoms with Crippen molar-refractivity contribution in [1.29, 1.82) is 0 Å². The zero-order valence-electron chi connectivity index (χ0n) is 17.0. The Hall–Kier alpha value is -3.11. The zero-order valence-corrected chi connectivity index (χ0v) is 17.8. The number of rotatable bonds is 4. The summed E-state index contributed by atoms with van der Waals surface area (Å²) in [4.78, 5) is 10.3. The molecule has 0 N–H and O–H groups in total. The Bertz CT molecular complexity index is 1230. The number of aromatic nitrogens is 2. The first kappa shape index (κ1) is 18.9. The number of aliphatic imine (C=N–C) groups is 1. The molecule has 1 aliphatic rings. The fraction of sp³-hybridized carbons (Fsp3) is 0.154. The van der Waals surface area contributed by atoms with Gasteiger partial charge in [-0.1, -0.05) is 29.8 Å². The van der Waals surface area contributed by atoms with Crippen LogP contribution in [0.1, 0.15) is 29.5 Å². The highest BCUT2D eigenvalue weighted by Gasteiger charge is 2.15. The summed E-state index contributed by atoms with van der Waals surface area (Å²) in [7, 11) is 0. The second-order valence-electron chi connectivity index (χ2n) is 7.57. The zero-order chi connectivity index (χ0) is 20.3. The van der Waals surface area contributed by atoms with Crippen molar-refractivity contribution in [3.05, 3.63) is 102 Å². The predicted molar refractivity (Wildman–Crippen MR) is 127 cm³/mol. The monoisotopic (exact) mass is 409 g/mol. The Morgan fingerprint density at radius 3 is 2.73 bits per heavy atom. The van der Waals surface area contributed by atoms with Gasteiger partial charge in [0.2, 0.25) is 0 Å². The minimum absolute atomic E-state index is 0.884. The van der Waals surface area contributed by atoms with Gasteiger partial charge in [-0.25, -0.2) is 0 Å². The van der Waals surface area contributed by atoms with Crippen molar-refractivity contribution in [3.63, 3.8) is 0 Å². The maximum Gasteiger partial charge on any atom is 0.0694 e. The lowest BCUT2D eigenvalue weighted by Crippen LogP contribution is -2.11. The van der Waals surface area contributed by atoms with Crippen LogP contribution in [0.2, 0.25) is 0 Å². The summed E-state index contributed by atoms with van der Waals surface area (Å²) in [6, 6.07) is 21.5. The number of nitrogens with zero attached hydrogens (tertiary/aromatic N) is 3. The van der Waals surface area contributed by atoms with E-state index in [1.54, 1.807) is 11.9 Å². The number of benzene rings is 2. The van der Waals surface area contributed by atoms with E-state index in [4.69, 9.17) is 4.99 Å². The Morgan fingerprint density at radius 2 is 1.90 bits per heavy atom. The van der Waals surface area contributed by atoms with Gasteiger partial charge >= 0.3 is 0 Å². The summed E-state index contributed by atoms with van der Waals surface area (Å²) >= 11 is 1.75. The summed E-state index contributed by atoms with van der Waals surface area (Å²) in [6.07, 6.45) is 10.3. The normalized spacial score (nSPS) is 15.5. The standard InChI is InChI=1S/C26H23N3S/c1-19-9-11-23(12-10-19)30-29-16-13-24-20(5-2-8-25(24)29)17-21-6-4-15-28-26(21)22-7-3-14-27-18-22/h2-3,5,7-14,16-18H,4,6,15H2,1H3/b21-17+. The predicted octanol–water partition coefficient (Wildman–Crippen LogP) is 6.57. The molecule has 5 rings (SSSR count). The van der Waals surface area contributed by atoms with Gasteiger partial charge in [-0.2, -0.15) is 0 Å². The lowest BCUT2D eigenvalue weighted by molar-refractivity contribution is 0.818. The van der Waals surface area contributed by atoms with E-state index in [0.29, 0.717) is 0 Å². The maximum absolute atomic E-state index is 4.82. The topological polar surface area (TPSA) is 30.2 Å².